The van der Waals surface area contributed by atoms with E-state index in [1.54, 1.807) is 0 Å². The molecule has 0 fully saturated rings. The molecule has 20 heavy (non-hydrogen) atoms. The van der Waals surface area contributed by atoms with E-state index in [1.807, 2.05) is 19.1 Å². The van der Waals surface area contributed by atoms with E-state index < -0.39 is 5.54 Å². The van der Waals surface area contributed by atoms with Crippen molar-refractivity contribution in [3.63, 3.8) is 0 Å². The van der Waals surface area contributed by atoms with Crippen molar-refractivity contribution in [3.8, 4) is 0 Å². The zero-order valence-electron chi connectivity index (χ0n) is 13.5. The average Bonchev–Trinajstić information content (AvgIpc) is 2.43. The Labute approximate surface area is 122 Å². The van der Waals surface area contributed by atoms with Crippen molar-refractivity contribution in [1.82, 2.24) is 5.32 Å². The molecule has 0 radical (unpaired) electrons. The van der Waals surface area contributed by atoms with E-state index in [0.717, 1.165) is 12.1 Å². The van der Waals surface area contributed by atoms with Gasteiger partial charge in [0.05, 0.1) is 7.11 Å². The third kappa shape index (κ3) is 3.83. The highest BCUT2D eigenvalue weighted by molar-refractivity contribution is 5.82. The lowest BCUT2D eigenvalue weighted by Gasteiger charge is -2.29. The Balaban J connectivity index is 3.06. The van der Waals surface area contributed by atoms with Gasteiger partial charge in [-0.2, -0.15) is 0 Å². The first-order chi connectivity index (χ1) is 9.31. The van der Waals surface area contributed by atoms with Gasteiger partial charge < -0.3 is 4.74 Å². The number of methoxy groups -OCH3 is 1. The maximum Gasteiger partial charge on any atom is 0.330 e. The molecule has 0 saturated heterocycles. The molecule has 0 spiro atoms. The van der Waals surface area contributed by atoms with Crippen LogP contribution in [0.5, 0.6) is 0 Å². The quantitative estimate of drug-likeness (QED) is 0.809. The normalized spacial score (nSPS) is 14.4. The monoisotopic (exact) mass is 277 g/mol. The summed E-state index contributed by atoms with van der Waals surface area (Å²) in [4.78, 5) is 12.2. The summed E-state index contributed by atoms with van der Waals surface area (Å²) in [5, 5.41) is 3.34. The van der Waals surface area contributed by atoms with Crippen LogP contribution in [0, 0.1) is 5.92 Å². The molecule has 1 aromatic rings. The van der Waals surface area contributed by atoms with Gasteiger partial charge in [0.2, 0.25) is 0 Å². The molecule has 0 amide bonds. The lowest BCUT2D eigenvalue weighted by Crippen LogP contribution is -2.48. The van der Waals surface area contributed by atoms with E-state index in [4.69, 9.17) is 4.74 Å². The van der Waals surface area contributed by atoms with Crippen LogP contribution in [0.25, 0.3) is 0 Å². The first-order valence-corrected chi connectivity index (χ1v) is 7.25. The summed E-state index contributed by atoms with van der Waals surface area (Å²) in [6.07, 6.45) is 0. The van der Waals surface area contributed by atoms with Crippen molar-refractivity contribution < 1.29 is 9.53 Å². The van der Waals surface area contributed by atoms with Gasteiger partial charge in [0.25, 0.3) is 0 Å². The Hall–Kier alpha value is -1.35. The number of ether oxygens (including phenoxy) is 1. The average molecular weight is 277 g/mol. The Morgan fingerprint density at radius 3 is 2.15 bits per heavy atom. The minimum Gasteiger partial charge on any atom is -0.467 e. The van der Waals surface area contributed by atoms with E-state index in [9.17, 15) is 4.79 Å². The van der Waals surface area contributed by atoms with Crippen LogP contribution in [0.3, 0.4) is 0 Å². The molecular formula is C17H27NO2. The highest BCUT2D eigenvalue weighted by atomic mass is 16.5. The molecule has 0 aromatic heterocycles. The molecule has 1 rings (SSSR count). The SMILES string of the molecule is COC(=O)C(C)(NCC(C)C)c1ccc(C(C)C)cc1. The molecule has 1 atom stereocenters. The van der Waals surface area contributed by atoms with Crippen LogP contribution in [0.1, 0.15) is 51.7 Å². The number of rotatable bonds is 6. The van der Waals surface area contributed by atoms with Gasteiger partial charge in [-0.25, -0.2) is 4.79 Å². The molecule has 0 aliphatic heterocycles. The summed E-state index contributed by atoms with van der Waals surface area (Å²) >= 11 is 0. The topological polar surface area (TPSA) is 38.3 Å². The fraction of sp³-hybridized carbons (Fsp3) is 0.588. The van der Waals surface area contributed by atoms with Crippen molar-refractivity contribution in [2.45, 2.75) is 46.1 Å². The minimum absolute atomic E-state index is 0.254. The predicted octanol–water partition coefficient (Wildman–Crippen LogP) is 3.44. The first kappa shape index (κ1) is 16.7. The van der Waals surface area contributed by atoms with Gasteiger partial charge in [0.15, 0.2) is 0 Å². The third-order valence-electron chi connectivity index (χ3n) is 3.61. The van der Waals surface area contributed by atoms with Crippen LogP contribution >= 0.6 is 0 Å². The number of hydrogen-bond donors (Lipinski definition) is 1. The van der Waals surface area contributed by atoms with Crippen LogP contribution in [-0.2, 0) is 15.1 Å². The predicted molar refractivity (Wildman–Crippen MR) is 82.7 cm³/mol. The van der Waals surface area contributed by atoms with E-state index >= 15 is 0 Å². The lowest BCUT2D eigenvalue weighted by molar-refractivity contribution is -0.148. The van der Waals surface area contributed by atoms with Crippen LogP contribution < -0.4 is 5.32 Å². The summed E-state index contributed by atoms with van der Waals surface area (Å²) in [7, 11) is 1.43. The summed E-state index contributed by atoms with van der Waals surface area (Å²) in [6.45, 7) is 11.2. The number of carbonyl (C=O) groups is 1. The Kier molecular flexibility index (Phi) is 5.75. The second-order valence-electron chi connectivity index (χ2n) is 6.17. The summed E-state index contributed by atoms with van der Waals surface area (Å²) in [5.74, 6) is 0.696. The Morgan fingerprint density at radius 2 is 1.75 bits per heavy atom. The molecule has 112 valence electrons. The van der Waals surface area contributed by atoms with E-state index in [1.165, 1.54) is 12.7 Å². The summed E-state index contributed by atoms with van der Waals surface area (Å²) in [5.41, 5.74) is 1.41. The lowest BCUT2D eigenvalue weighted by atomic mass is 9.89. The van der Waals surface area contributed by atoms with Crippen LogP contribution in [-0.4, -0.2) is 19.6 Å². The van der Waals surface area contributed by atoms with E-state index in [0.29, 0.717) is 11.8 Å². The molecule has 1 unspecified atom stereocenters. The zero-order chi connectivity index (χ0) is 15.3. The number of hydrogen-bond acceptors (Lipinski definition) is 3. The van der Waals surface area contributed by atoms with Gasteiger partial charge >= 0.3 is 5.97 Å². The number of benzene rings is 1. The Bertz CT molecular complexity index is 437. The molecule has 1 N–H and O–H groups in total. The van der Waals surface area contributed by atoms with Gasteiger partial charge in [-0.15, -0.1) is 0 Å². The highest BCUT2D eigenvalue weighted by Gasteiger charge is 2.36. The van der Waals surface area contributed by atoms with Crippen molar-refractivity contribution in [2.75, 3.05) is 13.7 Å². The van der Waals surface area contributed by atoms with Crippen LogP contribution in [0.4, 0.5) is 0 Å². The van der Waals surface area contributed by atoms with Gasteiger partial charge in [0.1, 0.15) is 5.54 Å². The molecule has 0 heterocycles. The fourth-order valence-electron chi connectivity index (χ4n) is 2.11. The van der Waals surface area contributed by atoms with Gasteiger partial charge in [-0.05, 0) is 36.4 Å². The third-order valence-corrected chi connectivity index (χ3v) is 3.61. The second kappa shape index (κ2) is 6.89. The molecule has 0 aliphatic carbocycles. The van der Waals surface area contributed by atoms with Crippen molar-refractivity contribution in [3.05, 3.63) is 35.4 Å². The van der Waals surface area contributed by atoms with Crippen LogP contribution in [0.15, 0.2) is 24.3 Å². The van der Waals surface area contributed by atoms with Gasteiger partial charge in [-0.1, -0.05) is 52.0 Å². The summed E-state index contributed by atoms with van der Waals surface area (Å²) < 4.78 is 4.98. The first-order valence-electron chi connectivity index (χ1n) is 7.25. The van der Waals surface area contributed by atoms with E-state index in [-0.39, 0.29) is 5.97 Å². The second-order valence-corrected chi connectivity index (χ2v) is 6.17. The molecular weight excluding hydrogens is 250 g/mol. The maximum atomic E-state index is 12.2. The molecule has 1 aromatic carbocycles. The van der Waals surface area contributed by atoms with Crippen LogP contribution in [0.2, 0.25) is 0 Å². The molecule has 0 bridgehead atoms. The van der Waals surface area contributed by atoms with Crippen molar-refractivity contribution in [1.29, 1.82) is 0 Å². The maximum absolute atomic E-state index is 12.2. The Morgan fingerprint density at radius 1 is 1.20 bits per heavy atom. The van der Waals surface area contributed by atoms with Gasteiger partial charge in [-0.3, -0.25) is 5.32 Å². The molecule has 3 nitrogen and oxygen atoms in total. The fourth-order valence-corrected chi connectivity index (χ4v) is 2.11. The smallest absolute Gasteiger partial charge is 0.330 e. The number of esters is 1. The highest BCUT2D eigenvalue weighted by Crippen LogP contribution is 2.25. The summed E-state index contributed by atoms with van der Waals surface area (Å²) in [6, 6.07) is 8.19. The zero-order valence-corrected chi connectivity index (χ0v) is 13.5. The standard InChI is InChI=1S/C17H27NO2/c1-12(2)11-18-17(5,16(19)20-6)15-9-7-14(8-10-15)13(3)4/h7-10,12-13,18H,11H2,1-6H3. The van der Waals surface area contributed by atoms with E-state index in [2.05, 4.69) is 45.1 Å². The largest absolute Gasteiger partial charge is 0.467 e. The minimum atomic E-state index is -0.797. The van der Waals surface area contributed by atoms with Crippen molar-refractivity contribution in [2.24, 2.45) is 5.92 Å². The number of carbonyl (C=O) groups excluding carboxylic acids is 1. The number of nitrogens with one attached hydrogen (secondary N) is 1. The molecule has 0 aliphatic rings. The molecule has 0 saturated carbocycles. The molecule has 3 heteroatoms. The van der Waals surface area contributed by atoms with Crippen molar-refractivity contribution >= 4 is 5.97 Å². The van der Waals surface area contributed by atoms with Gasteiger partial charge in [0, 0.05) is 0 Å².